The molecule has 7 N–H and O–H groups in total. The molecule has 12 nitrogen and oxygen atoms in total. The standard InChI is InChI=1S/C29H37ClN6O5.C5H13N.C2H6/c1-6-22(14-41-28(39)25(31)16(2)3)34-29-33-12-17(4)26(36-29)20-11-23(32-13-20)27(38)35-24(15-40-18(5)37)19-8-7-9-21(30)10-19;1-5(2,3)4-6;1-2/h7-13,16,22,24-25,32H,6,14-15,31H2,1-5H3,(H,35,38)(H,33,34,36);4,6H2,1-3H3;1-2H3/t22-,24-,25+;;/m1../s1. The largest absolute Gasteiger partial charge is 0.463 e. The SMILES string of the molecule is CC.CC(C)(C)CN.CC[C@H](COC(=O)[C@@H](N)C(C)C)Nc1ncc(C)c(-c2c[nH]c(C(=O)N[C@H](COC(C)=O)c3cccc(Cl)c3)c2)n1. The van der Waals surface area contributed by atoms with Crippen LogP contribution in [0.2, 0.25) is 5.02 Å². The topological polar surface area (TPSA) is 187 Å². The fraction of sp³-hybridized carbons (Fsp3) is 0.528. The molecule has 49 heavy (non-hydrogen) atoms. The van der Waals surface area contributed by atoms with Crippen LogP contribution in [0.4, 0.5) is 5.95 Å². The van der Waals surface area contributed by atoms with Crippen LogP contribution in [0.25, 0.3) is 11.3 Å². The number of aromatic amines is 1. The maximum Gasteiger partial charge on any atom is 0.323 e. The number of aromatic nitrogens is 3. The summed E-state index contributed by atoms with van der Waals surface area (Å²) in [6.45, 7) is 20.0. The number of rotatable bonds is 13. The lowest BCUT2D eigenvalue weighted by Gasteiger charge is -2.20. The summed E-state index contributed by atoms with van der Waals surface area (Å²) in [6, 6.07) is 7.15. The Bertz CT molecular complexity index is 1470. The van der Waals surface area contributed by atoms with Crippen molar-refractivity contribution in [2.75, 3.05) is 25.1 Å². The quantitative estimate of drug-likeness (QED) is 0.128. The summed E-state index contributed by atoms with van der Waals surface area (Å²) >= 11 is 6.13. The highest BCUT2D eigenvalue weighted by Crippen LogP contribution is 2.24. The van der Waals surface area contributed by atoms with Crippen LogP contribution in [0.5, 0.6) is 0 Å². The van der Waals surface area contributed by atoms with Crippen LogP contribution >= 0.6 is 11.6 Å². The Kier molecular flexibility index (Phi) is 18.6. The molecule has 2 heterocycles. The van der Waals surface area contributed by atoms with Gasteiger partial charge in [0.1, 0.15) is 24.9 Å². The van der Waals surface area contributed by atoms with Gasteiger partial charge in [-0.15, -0.1) is 0 Å². The molecule has 0 aliphatic heterocycles. The zero-order chi connectivity index (χ0) is 37.3. The molecule has 272 valence electrons. The van der Waals surface area contributed by atoms with E-state index in [4.69, 9.17) is 32.5 Å². The van der Waals surface area contributed by atoms with Gasteiger partial charge in [-0.2, -0.15) is 0 Å². The first-order valence-electron chi connectivity index (χ1n) is 16.7. The summed E-state index contributed by atoms with van der Waals surface area (Å²) in [5, 5.41) is 6.60. The molecular formula is C36H56ClN7O5. The summed E-state index contributed by atoms with van der Waals surface area (Å²) in [4.78, 5) is 48.7. The van der Waals surface area contributed by atoms with Gasteiger partial charge < -0.3 is 36.6 Å². The number of ether oxygens (including phenoxy) is 2. The van der Waals surface area contributed by atoms with E-state index in [1.807, 2.05) is 41.5 Å². The van der Waals surface area contributed by atoms with Gasteiger partial charge in [0.15, 0.2) is 0 Å². The lowest BCUT2D eigenvalue weighted by Crippen LogP contribution is -2.39. The Morgan fingerprint density at radius 3 is 2.29 bits per heavy atom. The van der Waals surface area contributed by atoms with Crippen LogP contribution < -0.4 is 22.1 Å². The van der Waals surface area contributed by atoms with Crippen molar-refractivity contribution < 1.29 is 23.9 Å². The molecule has 1 amide bonds. The maximum atomic E-state index is 13.1. The van der Waals surface area contributed by atoms with E-state index in [9.17, 15) is 14.4 Å². The molecule has 3 rings (SSSR count). The Morgan fingerprint density at radius 1 is 1.08 bits per heavy atom. The van der Waals surface area contributed by atoms with Crippen molar-refractivity contribution in [1.82, 2.24) is 20.3 Å². The zero-order valence-electron chi connectivity index (χ0n) is 30.6. The minimum absolute atomic E-state index is 0.0246. The maximum absolute atomic E-state index is 13.1. The van der Waals surface area contributed by atoms with E-state index in [1.165, 1.54) is 6.92 Å². The summed E-state index contributed by atoms with van der Waals surface area (Å²) in [6.07, 6.45) is 4.02. The second-order valence-electron chi connectivity index (χ2n) is 12.8. The van der Waals surface area contributed by atoms with Gasteiger partial charge in [0.05, 0.1) is 17.8 Å². The molecule has 0 aliphatic carbocycles. The Balaban J connectivity index is 0.00000135. The number of anilines is 1. The molecule has 3 aromatic rings. The van der Waals surface area contributed by atoms with E-state index in [-0.39, 0.29) is 25.2 Å². The predicted octanol–water partition coefficient (Wildman–Crippen LogP) is 6.20. The van der Waals surface area contributed by atoms with Crippen molar-refractivity contribution in [1.29, 1.82) is 0 Å². The summed E-state index contributed by atoms with van der Waals surface area (Å²) < 4.78 is 10.6. The van der Waals surface area contributed by atoms with Crippen molar-refractivity contribution >= 4 is 35.4 Å². The van der Waals surface area contributed by atoms with Crippen molar-refractivity contribution in [3.8, 4) is 11.3 Å². The van der Waals surface area contributed by atoms with Crippen LogP contribution in [-0.2, 0) is 19.1 Å². The van der Waals surface area contributed by atoms with Gasteiger partial charge in [-0.25, -0.2) is 9.97 Å². The molecule has 0 bridgehead atoms. The lowest BCUT2D eigenvalue weighted by atomic mass is 9.98. The summed E-state index contributed by atoms with van der Waals surface area (Å²) in [7, 11) is 0. The van der Waals surface area contributed by atoms with E-state index in [2.05, 4.69) is 46.4 Å². The number of esters is 2. The number of nitrogens with two attached hydrogens (primary N) is 2. The van der Waals surface area contributed by atoms with Crippen molar-refractivity contribution in [2.45, 2.75) is 93.8 Å². The van der Waals surface area contributed by atoms with Crippen molar-refractivity contribution in [3.63, 3.8) is 0 Å². The number of amides is 1. The number of benzene rings is 1. The molecule has 0 unspecified atom stereocenters. The van der Waals surface area contributed by atoms with Gasteiger partial charge >= 0.3 is 11.9 Å². The number of hydrogen-bond acceptors (Lipinski definition) is 10. The zero-order valence-corrected chi connectivity index (χ0v) is 31.4. The average molecular weight is 702 g/mol. The van der Waals surface area contributed by atoms with Crippen LogP contribution in [0.1, 0.15) is 96.4 Å². The monoisotopic (exact) mass is 701 g/mol. The predicted molar refractivity (Wildman–Crippen MR) is 196 cm³/mol. The van der Waals surface area contributed by atoms with Crippen LogP contribution in [0, 0.1) is 18.3 Å². The third-order valence-corrected chi connectivity index (χ3v) is 7.27. The van der Waals surface area contributed by atoms with Crippen LogP contribution in [0.3, 0.4) is 0 Å². The fourth-order valence-corrected chi connectivity index (χ4v) is 4.04. The van der Waals surface area contributed by atoms with E-state index in [0.29, 0.717) is 45.3 Å². The molecule has 2 aromatic heterocycles. The van der Waals surface area contributed by atoms with Crippen molar-refractivity contribution in [2.24, 2.45) is 22.8 Å². The Morgan fingerprint density at radius 2 is 1.73 bits per heavy atom. The Hall–Kier alpha value is -4.00. The van der Waals surface area contributed by atoms with E-state index >= 15 is 0 Å². The summed E-state index contributed by atoms with van der Waals surface area (Å²) in [5.74, 6) is -0.973. The summed E-state index contributed by atoms with van der Waals surface area (Å²) in [5.41, 5.74) is 14.6. The minimum atomic E-state index is -0.683. The fourth-order valence-electron chi connectivity index (χ4n) is 3.84. The third-order valence-electron chi connectivity index (χ3n) is 7.04. The van der Waals surface area contributed by atoms with Crippen molar-refractivity contribution in [3.05, 3.63) is 64.6 Å². The number of H-pyrrole nitrogens is 1. The number of carbonyl (C=O) groups excluding carboxylic acids is 3. The number of aryl methyl sites for hydroxylation is 1. The molecule has 0 fully saturated rings. The van der Waals surface area contributed by atoms with E-state index in [1.54, 1.807) is 42.7 Å². The molecule has 0 radical (unpaired) electrons. The lowest BCUT2D eigenvalue weighted by molar-refractivity contribution is -0.146. The second kappa shape index (κ2) is 21.2. The number of nitrogens with zero attached hydrogens (tertiary/aromatic N) is 2. The van der Waals surface area contributed by atoms with Gasteiger partial charge in [0.2, 0.25) is 5.95 Å². The molecule has 0 saturated carbocycles. The van der Waals surface area contributed by atoms with E-state index < -0.39 is 29.9 Å². The third kappa shape index (κ3) is 15.4. The first-order chi connectivity index (χ1) is 23.0. The molecule has 3 atom stereocenters. The smallest absolute Gasteiger partial charge is 0.323 e. The molecule has 1 aromatic carbocycles. The normalized spacial score (nSPS) is 12.7. The highest BCUT2D eigenvalue weighted by atomic mass is 35.5. The van der Waals surface area contributed by atoms with Gasteiger partial charge in [0, 0.05) is 29.9 Å². The Labute approximate surface area is 296 Å². The minimum Gasteiger partial charge on any atom is -0.463 e. The molecule has 0 aliphatic rings. The number of nitrogens with one attached hydrogen (secondary N) is 3. The highest BCUT2D eigenvalue weighted by Gasteiger charge is 2.22. The highest BCUT2D eigenvalue weighted by molar-refractivity contribution is 6.30. The van der Waals surface area contributed by atoms with Gasteiger partial charge in [0.25, 0.3) is 5.91 Å². The molecule has 0 spiro atoms. The number of halogens is 1. The first-order valence-corrected chi connectivity index (χ1v) is 17.0. The molecule has 0 saturated heterocycles. The van der Waals surface area contributed by atoms with Gasteiger partial charge in [-0.05, 0) is 60.5 Å². The van der Waals surface area contributed by atoms with Crippen LogP contribution in [-0.4, -0.2) is 64.6 Å². The first kappa shape index (κ1) is 43.0. The van der Waals surface area contributed by atoms with E-state index in [0.717, 1.165) is 12.1 Å². The second-order valence-corrected chi connectivity index (χ2v) is 13.3. The van der Waals surface area contributed by atoms with Crippen LogP contribution in [0.15, 0.2) is 42.7 Å². The number of carbonyl (C=O) groups is 3. The van der Waals surface area contributed by atoms with Gasteiger partial charge in [-0.1, -0.05) is 79.1 Å². The average Bonchev–Trinajstić information content (AvgIpc) is 3.56. The molecule has 13 heteroatoms. The number of hydrogen-bond donors (Lipinski definition) is 5. The molecular weight excluding hydrogens is 646 g/mol. The van der Waals surface area contributed by atoms with Gasteiger partial charge in [-0.3, -0.25) is 14.4 Å².